The molecule has 0 atom stereocenters. The van der Waals surface area contributed by atoms with Crippen LogP contribution in [0.5, 0.6) is 0 Å². The number of ether oxygens (including phenoxy) is 1. The molecule has 256 valence electrons. The van der Waals surface area contributed by atoms with Gasteiger partial charge in [-0.05, 0) is 74.2 Å². The summed E-state index contributed by atoms with van der Waals surface area (Å²) in [5.74, 6) is -1.74. The number of fused-ring (bicyclic) bond motifs is 2. The van der Waals surface area contributed by atoms with Crippen LogP contribution in [0, 0.1) is 11.6 Å². The topological polar surface area (TPSA) is 127 Å². The van der Waals surface area contributed by atoms with Gasteiger partial charge >= 0.3 is 0 Å². The second-order valence-corrected chi connectivity index (χ2v) is 14.6. The van der Waals surface area contributed by atoms with Gasteiger partial charge in [0.15, 0.2) is 11.6 Å². The maximum atomic E-state index is 15.8. The monoisotopic (exact) mass is 736 g/mol. The lowest BCUT2D eigenvalue weighted by atomic mass is 9.88. The van der Waals surface area contributed by atoms with Gasteiger partial charge < -0.3 is 15.0 Å². The smallest absolute Gasteiger partial charge is 0.263 e. The van der Waals surface area contributed by atoms with Crippen LogP contribution in [0.25, 0.3) is 27.9 Å². The number of halogens is 4. The van der Waals surface area contributed by atoms with E-state index in [1.807, 2.05) is 16.7 Å². The molecule has 0 unspecified atom stereocenters. The Labute approximate surface area is 295 Å². The molecule has 2 fully saturated rings. The Hall–Kier alpha value is -4.63. The lowest BCUT2D eigenvalue weighted by Gasteiger charge is -2.39. The molecule has 0 amide bonds. The van der Waals surface area contributed by atoms with Crippen molar-refractivity contribution in [2.45, 2.75) is 36.2 Å². The highest BCUT2D eigenvalue weighted by Crippen LogP contribution is 2.39. The number of benzene rings is 3. The summed E-state index contributed by atoms with van der Waals surface area (Å²) in [7, 11) is -4.40. The van der Waals surface area contributed by atoms with Gasteiger partial charge in [0, 0.05) is 19.7 Å². The van der Waals surface area contributed by atoms with Crippen LogP contribution in [0.4, 0.5) is 31.7 Å². The molecule has 3 aromatic heterocycles. The lowest BCUT2D eigenvalue weighted by molar-refractivity contribution is -0.0145. The number of anilines is 4. The minimum absolute atomic E-state index is 0.000780. The first kappa shape index (κ1) is 32.6. The summed E-state index contributed by atoms with van der Waals surface area (Å²) in [5.41, 5.74) is 2.12. The van der Waals surface area contributed by atoms with Crippen molar-refractivity contribution >= 4 is 78.2 Å². The Balaban J connectivity index is 1.11. The Morgan fingerprint density at radius 3 is 2.52 bits per heavy atom. The summed E-state index contributed by atoms with van der Waals surface area (Å²) in [6, 6.07) is 15.4. The highest BCUT2D eigenvalue weighted by molar-refractivity contribution is 7.92. The van der Waals surface area contributed by atoms with Crippen LogP contribution >= 0.6 is 23.2 Å². The predicted molar refractivity (Wildman–Crippen MR) is 188 cm³/mol. The highest BCUT2D eigenvalue weighted by Gasteiger charge is 2.38. The van der Waals surface area contributed by atoms with Crippen LogP contribution in [0.2, 0.25) is 10.0 Å². The van der Waals surface area contributed by atoms with E-state index in [1.54, 1.807) is 18.5 Å². The van der Waals surface area contributed by atoms with Gasteiger partial charge in [0.05, 0.1) is 38.1 Å². The zero-order chi connectivity index (χ0) is 34.6. The molecule has 16 heteroatoms. The van der Waals surface area contributed by atoms with Crippen molar-refractivity contribution in [1.29, 1.82) is 0 Å². The molecule has 11 nitrogen and oxygen atoms in total. The van der Waals surface area contributed by atoms with Gasteiger partial charge in [0.1, 0.15) is 45.9 Å². The van der Waals surface area contributed by atoms with E-state index in [0.29, 0.717) is 11.3 Å². The Kier molecular flexibility index (Phi) is 8.21. The van der Waals surface area contributed by atoms with Crippen LogP contribution in [0.15, 0.2) is 78.2 Å². The average Bonchev–Trinajstić information content (AvgIpc) is 3.77. The van der Waals surface area contributed by atoms with Crippen molar-refractivity contribution in [1.82, 2.24) is 24.5 Å². The van der Waals surface area contributed by atoms with Crippen LogP contribution in [-0.4, -0.2) is 58.2 Å². The molecule has 2 N–H and O–H groups in total. The molecule has 3 aromatic carbocycles. The Bertz CT molecular complexity index is 2400. The third-order valence-electron chi connectivity index (χ3n) is 9.25. The lowest BCUT2D eigenvalue weighted by Crippen LogP contribution is -2.44. The second-order valence-electron chi connectivity index (χ2n) is 12.2. The number of aromatic nitrogens is 5. The molecule has 2 aliphatic heterocycles. The molecule has 1 spiro atoms. The van der Waals surface area contributed by atoms with Crippen LogP contribution in [0.3, 0.4) is 0 Å². The van der Waals surface area contributed by atoms with E-state index in [9.17, 15) is 8.42 Å². The first-order chi connectivity index (χ1) is 24.1. The molecule has 5 heterocycles. The Morgan fingerprint density at radius 1 is 0.900 bits per heavy atom. The van der Waals surface area contributed by atoms with Crippen molar-refractivity contribution in [2.75, 3.05) is 34.6 Å². The molecular formula is C34H28Cl2F2N8O3S. The molecule has 2 saturated heterocycles. The van der Waals surface area contributed by atoms with E-state index < -0.39 is 33.0 Å². The molecule has 6 aromatic rings. The summed E-state index contributed by atoms with van der Waals surface area (Å²) in [6.07, 6.45) is 7.08. The molecule has 2 aliphatic rings. The van der Waals surface area contributed by atoms with E-state index in [1.165, 1.54) is 24.5 Å². The minimum Gasteiger partial charge on any atom is -0.375 e. The third kappa shape index (κ3) is 5.75. The van der Waals surface area contributed by atoms with Gasteiger partial charge in [0.2, 0.25) is 0 Å². The number of nitrogens with one attached hydrogen (secondary N) is 2. The molecule has 0 saturated carbocycles. The first-order valence-corrected chi connectivity index (χ1v) is 18.1. The summed E-state index contributed by atoms with van der Waals surface area (Å²) >= 11 is 12.1. The van der Waals surface area contributed by atoms with Crippen molar-refractivity contribution in [3.05, 3.63) is 95.0 Å². The normalized spacial score (nSPS) is 16.0. The molecular weight excluding hydrogens is 709 g/mol. The van der Waals surface area contributed by atoms with Crippen LogP contribution < -0.4 is 14.9 Å². The summed E-state index contributed by atoms with van der Waals surface area (Å²) in [5, 5.41) is 2.42. The van der Waals surface area contributed by atoms with E-state index in [-0.39, 0.29) is 31.9 Å². The molecule has 0 radical (unpaired) electrons. The fourth-order valence-electron chi connectivity index (χ4n) is 6.68. The zero-order valence-corrected chi connectivity index (χ0v) is 28.5. The number of hydrogen-bond donors (Lipinski definition) is 2. The zero-order valence-electron chi connectivity index (χ0n) is 26.2. The SMILES string of the molecule is O=S(=O)(Nc1ccc(F)c(Nc2ncnc3ccc(-n4cnc5c(N6CCC7(CCCO7)CC6)cccc54)nc23)c1F)c1cccc(Cl)c1Cl. The van der Waals surface area contributed by atoms with Gasteiger partial charge in [-0.1, -0.05) is 35.3 Å². The number of sulfonamides is 1. The number of para-hydroxylation sites is 1. The fourth-order valence-corrected chi connectivity index (χ4v) is 8.50. The van der Waals surface area contributed by atoms with Gasteiger partial charge in [-0.3, -0.25) is 9.29 Å². The van der Waals surface area contributed by atoms with E-state index in [4.69, 9.17) is 37.9 Å². The third-order valence-corrected chi connectivity index (χ3v) is 11.6. The number of pyridine rings is 1. The number of hydrogen-bond acceptors (Lipinski definition) is 9. The average molecular weight is 738 g/mol. The number of piperidine rings is 1. The van der Waals surface area contributed by atoms with Crippen LogP contribution in [-0.2, 0) is 14.8 Å². The second kappa shape index (κ2) is 12.6. The van der Waals surface area contributed by atoms with Crippen molar-refractivity contribution in [2.24, 2.45) is 0 Å². The Morgan fingerprint density at radius 2 is 1.72 bits per heavy atom. The summed E-state index contributed by atoms with van der Waals surface area (Å²) in [4.78, 5) is 20.0. The largest absolute Gasteiger partial charge is 0.375 e. The van der Waals surface area contributed by atoms with Gasteiger partial charge in [0.25, 0.3) is 10.0 Å². The quantitative estimate of drug-likeness (QED) is 0.170. The number of nitrogens with zero attached hydrogens (tertiary/aromatic N) is 6. The molecule has 0 bridgehead atoms. The highest BCUT2D eigenvalue weighted by atomic mass is 35.5. The van der Waals surface area contributed by atoms with E-state index in [0.717, 1.165) is 74.2 Å². The van der Waals surface area contributed by atoms with Crippen molar-refractivity contribution in [3.63, 3.8) is 0 Å². The van der Waals surface area contributed by atoms with Crippen molar-refractivity contribution in [3.8, 4) is 5.82 Å². The van der Waals surface area contributed by atoms with E-state index in [2.05, 4.69) is 31.0 Å². The first-order valence-electron chi connectivity index (χ1n) is 15.8. The van der Waals surface area contributed by atoms with Gasteiger partial charge in [-0.15, -0.1) is 0 Å². The standard InChI is InChI=1S/C34H28Cl2F2N8O3S/c35-20-4-1-7-26(28(20)36)50(47,48)44-22-9-8-21(37)30(29(22)38)43-33-31-23(39-18-40-33)10-11-27(42-31)46-19-41-32-24(5-2-6-25(32)46)45-15-13-34(14-16-45)12-3-17-49-34/h1-2,4-11,18-19,44H,3,12-17H2,(H,39,40,43). The van der Waals surface area contributed by atoms with Crippen LogP contribution in [0.1, 0.15) is 25.7 Å². The molecule has 0 aliphatic carbocycles. The maximum absolute atomic E-state index is 15.8. The number of imidazole rings is 1. The summed E-state index contributed by atoms with van der Waals surface area (Å²) in [6.45, 7) is 2.58. The van der Waals surface area contributed by atoms with E-state index >= 15 is 8.78 Å². The number of rotatable bonds is 7. The minimum atomic E-state index is -4.40. The van der Waals surface area contributed by atoms with Gasteiger partial charge in [-0.25, -0.2) is 37.1 Å². The predicted octanol–water partition coefficient (Wildman–Crippen LogP) is 7.64. The molecule has 50 heavy (non-hydrogen) atoms. The fraction of sp³-hybridized carbons (Fsp3) is 0.235. The molecule has 8 rings (SSSR count). The maximum Gasteiger partial charge on any atom is 0.263 e. The summed E-state index contributed by atoms with van der Waals surface area (Å²) < 4.78 is 67.2. The van der Waals surface area contributed by atoms with Gasteiger partial charge in [-0.2, -0.15) is 0 Å². The van der Waals surface area contributed by atoms with Crippen molar-refractivity contribution < 1.29 is 21.9 Å².